The Hall–Kier alpha value is -1.56. The molecule has 0 spiro atoms. The maximum Gasteiger partial charge on any atom is 0.0776 e. The van der Waals surface area contributed by atoms with Crippen LogP contribution >= 0.6 is 15.7 Å². The van der Waals surface area contributed by atoms with Crippen LogP contribution in [0, 0.1) is 0 Å². The van der Waals surface area contributed by atoms with Crippen LogP contribution in [0.3, 0.4) is 0 Å². The van der Waals surface area contributed by atoms with Gasteiger partial charge in [0, 0.05) is 30.7 Å². The lowest BCUT2D eigenvalue weighted by Crippen LogP contribution is -2.07. The Balaban J connectivity index is 2.31. The molecule has 0 aliphatic carbocycles. The fourth-order valence-corrected chi connectivity index (χ4v) is 9.02. The van der Waals surface area contributed by atoms with Crippen LogP contribution in [0.25, 0.3) is 10.6 Å². The van der Waals surface area contributed by atoms with Gasteiger partial charge in [-0.2, -0.15) is 0 Å². The van der Waals surface area contributed by atoms with Crippen LogP contribution in [0.4, 0.5) is 0 Å². The molecular formula is C17H23N3P2. The highest BCUT2D eigenvalue weighted by Gasteiger charge is 2.17. The fourth-order valence-electron chi connectivity index (χ4n) is 2.89. The molecule has 0 radical (unpaired) electrons. The highest BCUT2D eigenvalue weighted by atomic mass is 31.1. The SMILES string of the molecule is CCn1n(CC)p(-c2ccccc2)n(C)p1-c1ccccc1. The van der Waals surface area contributed by atoms with Gasteiger partial charge in [-0.25, -0.2) is 0 Å². The van der Waals surface area contributed by atoms with E-state index >= 15 is 0 Å². The molecule has 0 fully saturated rings. The van der Waals surface area contributed by atoms with Gasteiger partial charge in [0.2, 0.25) is 0 Å². The van der Waals surface area contributed by atoms with Gasteiger partial charge in [-0.3, -0.25) is 13.0 Å². The standard InChI is InChI=1S/C17H23N3P2/c1-4-19-20(5-2)22(17-14-10-7-11-15-17)18(3)21(19)16-12-8-6-9-13-16/h6-15H,4-5H2,1-3H3. The molecule has 0 saturated carbocycles. The Bertz CT molecular complexity index is 703. The number of benzene rings is 2. The van der Waals surface area contributed by atoms with Crippen LogP contribution in [0.5, 0.6) is 0 Å². The van der Waals surface area contributed by atoms with Crippen molar-refractivity contribution in [3.05, 3.63) is 60.7 Å². The second-order valence-electron chi connectivity index (χ2n) is 5.12. The molecule has 3 rings (SSSR count). The van der Waals surface area contributed by atoms with Crippen LogP contribution in [-0.2, 0) is 20.1 Å². The number of hydrogen-bond donors (Lipinski definition) is 0. The van der Waals surface area contributed by atoms with Gasteiger partial charge in [0.25, 0.3) is 0 Å². The third-order valence-corrected chi connectivity index (χ3v) is 9.44. The molecule has 3 nitrogen and oxygen atoms in total. The molecule has 0 saturated heterocycles. The first-order chi connectivity index (χ1) is 10.8. The molecule has 116 valence electrons. The molecule has 2 atom stereocenters. The highest BCUT2D eigenvalue weighted by molar-refractivity contribution is 7.62. The third kappa shape index (κ3) is 2.60. The van der Waals surface area contributed by atoms with Crippen molar-refractivity contribution in [2.45, 2.75) is 26.9 Å². The van der Waals surface area contributed by atoms with Crippen LogP contribution in [0.2, 0.25) is 0 Å². The summed E-state index contributed by atoms with van der Waals surface area (Å²) < 4.78 is 7.75. The lowest BCUT2D eigenvalue weighted by atomic mass is 10.4. The first kappa shape index (κ1) is 15.3. The minimum atomic E-state index is -0.452. The molecule has 0 aliphatic rings. The van der Waals surface area contributed by atoms with Crippen molar-refractivity contribution < 1.29 is 0 Å². The molecule has 22 heavy (non-hydrogen) atoms. The largest absolute Gasteiger partial charge is 0.290 e. The zero-order valence-electron chi connectivity index (χ0n) is 13.4. The van der Waals surface area contributed by atoms with Gasteiger partial charge in [0.15, 0.2) is 0 Å². The maximum atomic E-state index is 2.60. The van der Waals surface area contributed by atoms with Crippen molar-refractivity contribution >= 4 is 15.7 Å². The summed E-state index contributed by atoms with van der Waals surface area (Å²) in [6.07, 6.45) is 0. The van der Waals surface area contributed by atoms with E-state index in [1.54, 1.807) is 0 Å². The fraction of sp³-hybridized carbons (Fsp3) is 0.294. The van der Waals surface area contributed by atoms with Crippen LogP contribution in [-0.4, -0.2) is 13.0 Å². The summed E-state index contributed by atoms with van der Waals surface area (Å²) >= 11 is 0. The van der Waals surface area contributed by atoms with E-state index < -0.39 is 15.7 Å². The average molecular weight is 331 g/mol. The third-order valence-electron chi connectivity index (χ3n) is 3.79. The monoisotopic (exact) mass is 331 g/mol. The normalized spacial score (nSPS) is 12.5. The quantitative estimate of drug-likeness (QED) is 0.579. The van der Waals surface area contributed by atoms with Gasteiger partial charge in [0.05, 0.1) is 15.7 Å². The molecule has 2 unspecified atom stereocenters. The topological polar surface area (TPSA) is 14.8 Å². The summed E-state index contributed by atoms with van der Waals surface area (Å²) in [5.41, 5.74) is 0. The van der Waals surface area contributed by atoms with Crippen molar-refractivity contribution in [1.82, 2.24) is 13.0 Å². The van der Waals surface area contributed by atoms with Crippen molar-refractivity contribution in [2.75, 3.05) is 0 Å². The molecule has 1 heterocycles. The van der Waals surface area contributed by atoms with Crippen molar-refractivity contribution in [1.29, 1.82) is 0 Å². The first-order valence-corrected chi connectivity index (χ1v) is 10.3. The predicted molar refractivity (Wildman–Crippen MR) is 98.5 cm³/mol. The molecular weight excluding hydrogens is 308 g/mol. The molecule has 0 amide bonds. The minimum absolute atomic E-state index is 0.452. The van der Waals surface area contributed by atoms with E-state index in [-0.39, 0.29) is 0 Å². The lowest BCUT2D eigenvalue weighted by Gasteiger charge is -2.12. The molecule has 5 heteroatoms. The molecule has 1 aromatic heterocycles. The Labute approximate surface area is 134 Å². The van der Waals surface area contributed by atoms with E-state index in [0.29, 0.717) is 0 Å². The van der Waals surface area contributed by atoms with Gasteiger partial charge in [-0.15, -0.1) is 0 Å². The summed E-state index contributed by atoms with van der Waals surface area (Å²) in [7, 11) is 1.38. The molecule has 0 bridgehead atoms. The van der Waals surface area contributed by atoms with Crippen LogP contribution in [0.15, 0.2) is 60.7 Å². The van der Waals surface area contributed by atoms with E-state index in [2.05, 4.69) is 94.5 Å². The molecule has 0 aliphatic heterocycles. The maximum absolute atomic E-state index is 2.60. The van der Waals surface area contributed by atoms with Gasteiger partial charge < -0.3 is 0 Å². The Morgan fingerprint density at radius 2 is 1.05 bits per heavy atom. The number of rotatable bonds is 4. The second-order valence-corrected chi connectivity index (χ2v) is 9.75. The van der Waals surface area contributed by atoms with Crippen molar-refractivity contribution in [3.8, 4) is 10.6 Å². The summed E-state index contributed by atoms with van der Waals surface area (Å²) in [5.74, 6) is 0. The van der Waals surface area contributed by atoms with Crippen molar-refractivity contribution in [2.24, 2.45) is 7.05 Å². The van der Waals surface area contributed by atoms with E-state index in [0.717, 1.165) is 13.1 Å². The van der Waals surface area contributed by atoms with Crippen LogP contribution in [0.1, 0.15) is 13.8 Å². The van der Waals surface area contributed by atoms with E-state index in [9.17, 15) is 0 Å². The summed E-state index contributed by atoms with van der Waals surface area (Å²) in [5, 5.41) is 2.86. The van der Waals surface area contributed by atoms with E-state index in [1.165, 1.54) is 10.6 Å². The van der Waals surface area contributed by atoms with Gasteiger partial charge in [0.1, 0.15) is 0 Å². The number of hydrogen-bond acceptors (Lipinski definition) is 0. The van der Waals surface area contributed by atoms with Gasteiger partial charge in [-0.05, 0) is 38.1 Å². The van der Waals surface area contributed by atoms with E-state index in [1.807, 2.05) is 0 Å². The highest BCUT2D eigenvalue weighted by Crippen LogP contribution is 2.50. The number of nitrogens with zero attached hydrogens (tertiary/aromatic N) is 3. The zero-order chi connectivity index (χ0) is 15.5. The second kappa shape index (κ2) is 6.69. The van der Waals surface area contributed by atoms with E-state index in [4.69, 9.17) is 0 Å². The Kier molecular flexibility index (Phi) is 4.66. The minimum Gasteiger partial charge on any atom is -0.290 e. The lowest BCUT2D eigenvalue weighted by molar-refractivity contribution is 0.565. The van der Waals surface area contributed by atoms with Gasteiger partial charge >= 0.3 is 0 Å². The molecule has 0 N–H and O–H groups in total. The van der Waals surface area contributed by atoms with Crippen LogP contribution < -0.4 is 0 Å². The average Bonchev–Trinajstić information content (AvgIpc) is 2.88. The molecule has 3 aromatic rings. The zero-order valence-corrected chi connectivity index (χ0v) is 15.2. The first-order valence-electron chi connectivity index (χ1n) is 7.76. The smallest absolute Gasteiger partial charge is 0.0776 e. The summed E-state index contributed by atoms with van der Waals surface area (Å²) in [6.45, 7) is 6.62. The summed E-state index contributed by atoms with van der Waals surface area (Å²) in [4.78, 5) is 0. The number of aromatic nitrogens is 3. The Morgan fingerprint density at radius 3 is 1.36 bits per heavy atom. The van der Waals surface area contributed by atoms with Crippen molar-refractivity contribution in [3.63, 3.8) is 0 Å². The Morgan fingerprint density at radius 1 is 0.682 bits per heavy atom. The predicted octanol–water partition coefficient (Wildman–Crippen LogP) is 5.74. The van der Waals surface area contributed by atoms with Gasteiger partial charge in [-0.1, -0.05) is 36.4 Å². The summed E-state index contributed by atoms with van der Waals surface area (Å²) in [6, 6.07) is 21.9. The molecule has 2 aromatic carbocycles.